The van der Waals surface area contributed by atoms with E-state index in [0.717, 1.165) is 27.7 Å². The summed E-state index contributed by atoms with van der Waals surface area (Å²) in [6.45, 7) is 0.561. The molecule has 0 fully saturated rings. The molecule has 0 unspecified atom stereocenters. The van der Waals surface area contributed by atoms with Crippen molar-refractivity contribution in [2.45, 2.75) is 6.54 Å². The normalized spacial score (nSPS) is 13.4. The molecule has 4 nitrogen and oxygen atoms in total. The predicted octanol–water partition coefficient (Wildman–Crippen LogP) is 2.68. The summed E-state index contributed by atoms with van der Waals surface area (Å²) in [7, 11) is 0. The van der Waals surface area contributed by atoms with Gasteiger partial charge in [0.2, 0.25) is 0 Å². The second kappa shape index (κ2) is 4.13. The van der Waals surface area contributed by atoms with Crippen LogP contribution in [0.2, 0.25) is 0 Å². The standard InChI is InChI=1S/C14H10N4S/c1-2-4-10(5-3-1)13-11-6-7-19-14(11)18-9-16-17-12(18)8-15-13/h1-7,9H,8H2. The van der Waals surface area contributed by atoms with Gasteiger partial charge in [0.15, 0.2) is 5.82 Å². The van der Waals surface area contributed by atoms with E-state index in [0.29, 0.717) is 6.54 Å². The highest BCUT2D eigenvalue weighted by Gasteiger charge is 2.20. The van der Waals surface area contributed by atoms with Crippen molar-refractivity contribution in [2.24, 2.45) is 4.99 Å². The lowest BCUT2D eigenvalue weighted by atomic mass is 10.0. The first-order valence-corrected chi connectivity index (χ1v) is 6.88. The number of aromatic nitrogens is 3. The fourth-order valence-electron chi connectivity index (χ4n) is 2.28. The first-order valence-electron chi connectivity index (χ1n) is 6.00. The van der Waals surface area contributed by atoms with E-state index >= 15 is 0 Å². The van der Waals surface area contributed by atoms with Crippen LogP contribution in [-0.4, -0.2) is 20.5 Å². The molecule has 2 aromatic heterocycles. The Morgan fingerprint density at radius 3 is 2.89 bits per heavy atom. The average Bonchev–Trinajstić information content (AvgIpc) is 3.07. The van der Waals surface area contributed by atoms with E-state index in [1.807, 2.05) is 22.8 Å². The van der Waals surface area contributed by atoms with E-state index in [-0.39, 0.29) is 0 Å². The van der Waals surface area contributed by atoms with Gasteiger partial charge in [0.05, 0.1) is 5.71 Å². The van der Waals surface area contributed by atoms with Gasteiger partial charge in [-0.1, -0.05) is 30.3 Å². The number of benzene rings is 1. The van der Waals surface area contributed by atoms with Crippen LogP contribution in [0, 0.1) is 0 Å². The summed E-state index contributed by atoms with van der Waals surface area (Å²) in [5.41, 5.74) is 3.32. The van der Waals surface area contributed by atoms with Crippen LogP contribution < -0.4 is 0 Å². The topological polar surface area (TPSA) is 43.1 Å². The summed E-state index contributed by atoms with van der Waals surface area (Å²) in [5.74, 6) is 0.884. The van der Waals surface area contributed by atoms with E-state index < -0.39 is 0 Å². The third-order valence-corrected chi connectivity index (χ3v) is 4.07. The zero-order valence-corrected chi connectivity index (χ0v) is 10.8. The lowest BCUT2D eigenvalue weighted by molar-refractivity contribution is 0.877. The fraction of sp³-hybridized carbons (Fsp3) is 0.0714. The fourth-order valence-corrected chi connectivity index (χ4v) is 3.17. The molecule has 0 saturated carbocycles. The van der Waals surface area contributed by atoms with E-state index in [9.17, 15) is 0 Å². The van der Waals surface area contributed by atoms with Crippen LogP contribution in [0.25, 0.3) is 5.00 Å². The summed E-state index contributed by atoms with van der Waals surface area (Å²) in [4.78, 5) is 4.72. The first-order chi connectivity index (χ1) is 9.43. The lowest BCUT2D eigenvalue weighted by Crippen LogP contribution is -2.03. The highest BCUT2D eigenvalue weighted by atomic mass is 32.1. The Morgan fingerprint density at radius 2 is 2.00 bits per heavy atom. The Morgan fingerprint density at radius 1 is 1.11 bits per heavy atom. The Hall–Kier alpha value is -2.27. The lowest BCUT2D eigenvalue weighted by Gasteiger charge is -2.05. The van der Waals surface area contributed by atoms with E-state index in [1.165, 1.54) is 0 Å². The molecule has 1 aromatic carbocycles. The number of hydrogen-bond acceptors (Lipinski definition) is 4. The van der Waals surface area contributed by atoms with Crippen LogP contribution in [0.15, 0.2) is 53.1 Å². The Labute approximate surface area is 114 Å². The zero-order chi connectivity index (χ0) is 12.7. The second-order valence-corrected chi connectivity index (χ2v) is 5.18. The SMILES string of the molecule is c1ccc(C2=NCc3nncn3-c3sccc32)cc1. The molecule has 0 radical (unpaired) electrons. The summed E-state index contributed by atoms with van der Waals surface area (Å²) in [6.07, 6.45) is 1.76. The number of hydrogen-bond donors (Lipinski definition) is 0. The molecular formula is C14H10N4S. The maximum absolute atomic E-state index is 4.72. The molecule has 0 saturated heterocycles. The Bertz CT molecular complexity index is 755. The molecule has 3 heterocycles. The summed E-state index contributed by atoms with van der Waals surface area (Å²) in [5, 5.41) is 11.3. The molecule has 0 atom stereocenters. The molecular weight excluding hydrogens is 256 g/mol. The minimum Gasteiger partial charge on any atom is -0.276 e. The highest BCUT2D eigenvalue weighted by molar-refractivity contribution is 7.13. The highest BCUT2D eigenvalue weighted by Crippen LogP contribution is 2.28. The Balaban J connectivity index is 1.95. The number of nitrogens with zero attached hydrogens (tertiary/aromatic N) is 4. The third-order valence-electron chi connectivity index (χ3n) is 3.16. The van der Waals surface area contributed by atoms with Gasteiger partial charge in [-0.3, -0.25) is 9.56 Å². The maximum Gasteiger partial charge on any atom is 0.159 e. The van der Waals surface area contributed by atoms with Crippen molar-refractivity contribution in [1.82, 2.24) is 14.8 Å². The molecule has 1 aliphatic rings. The molecule has 5 heteroatoms. The van der Waals surface area contributed by atoms with Gasteiger partial charge in [-0.25, -0.2) is 0 Å². The number of thiophene rings is 1. The van der Waals surface area contributed by atoms with Gasteiger partial charge < -0.3 is 0 Å². The largest absolute Gasteiger partial charge is 0.276 e. The number of fused-ring (bicyclic) bond motifs is 3. The maximum atomic E-state index is 4.72. The van der Waals surface area contributed by atoms with Crippen LogP contribution >= 0.6 is 11.3 Å². The summed E-state index contributed by atoms with van der Waals surface area (Å²) < 4.78 is 2.03. The second-order valence-electron chi connectivity index (χ2n) is 4.29. The van der Waals surface area contributed by atoms with E-state index in [4.69, 9.17) is 4.99 Å². The van der Waals surface area contributed by atoms with Crippen LogP contribution in [-0.2, 0) is 6.54 Å². The van der Waals surface area contributed by atoms with E-state index in [1.54, 1.807) is 17.7 Å². The van der Waals surface area contributed by atoms with Crippen molar-refractivity contribution >= 4 is 17.0 Å². The molecule has 0 aliphatic carbocycles. The molecule has 0 bridgehead atoms. The van der Waals surface area contributed by atoms with Crippen LogP contribution in [0.4, 0.5) is 0 Å². The molecule has 0 amide bonds. The van der Waals surface area contributed by atoms with Crippen molar-refractivity contribution in [3.8, 4) is 5.00 Å². The third kappa shape index (κ3) is 1.62. The predicted molar refractivity (Wildman–Crippen MR) is 75.0 cm³/mol. The van der Waals surface area contributed by atoms with Gasteiger partial charge in [0, 0.05) is 11.1 Å². The van der Waals surface area contributed by atoms with E-state index in [2.05, 4.69) is 33.8 Å². The van der Waals surface area contributed by atoms with Gasteiger partial charge in [0.1, 0.15) is 17.9 Å². The number of aliphatic imine (C=N–C) groups is 1. The van der Waals surface area contributed by atoms with Gasteiger partial charge >= 0.3 is 0 Å². The first kappa shape index (κ1) is 10.6. The minimum absolute atomic E-state index is 0.561. The average molecular weight is 266 g/mol. The molecule has 0 spiro atoms. The molecule has 4 rings (SSSR count). The van der Waals surface area contributed by atoms with Crippen molar-refractivity contribution in [1.29, 1.82) is 0 Å². The molecule has 1 aliphatic heterocycles. The molecule has 0 N–H and O–H groups in total. The quantitative estimate of drug-likeness (QED) is 0.679. The monoisotopic (exact) mass is 266 g/mol. The molecule has 3 aromatic rings. The van der Waals surface area contributed by atoms with Crippen molar-refractivity contribution in [2.75, 3.05) is 0 Å². The van der Waals surface area contributed by atoms with Crippen molar-refractivity contribution in [3.63, 3.8) is 0 Å². The van der Waals surface area contributed by atoms with Gasteiger partial charge in [0.25, 0.3) is 0 Å². The smallest absolute Gasteiger partial charge is 0.159 e. The van der Waals surface area contributed by atoms with Crippen LogP contribution in [0.1, 0.15) is 17.0 Å². The van der Waals surface area contributed by atoms with Gasteiger partial charge in [-0.15, -0.1) is 21.5 Å². The van der Waals surface area contributed by atoms with Gasteiger partial charge in [-0.2, -0.15) is 0 Å². The minimum atomic E-state index is 0.561. The summed E-state index contributed by atoms with van der Waals surface area (Å²) in [6, 6.07) is 12.4. The zero-order valence-electron chi connectivity index (χ0n) is 10.0. The van der Waals surface area contributed by atoms with Crippen molar-refractivity contribution in [3.05, 3.63) is 65.1 Å². The van der Waals surface area contributed by atoms with Crippen LogP contribution in [0.5, 0.6) is 0 Å². The van der Waals surface area contributed by atoms with Crippen molar-refractivity contribution < 1.29 is 0 Å². The molecule has 92 valence electrons. The van der Waals surface area contributed by atoms with Crippen LogP contribution in [0.3, 0.4) is 0 Å². The number of rotatable bonds is 1. The summed E-state index contributed by atoms with van der Waals surface area (Å²) >= 11 is 1.69. The molecule has 19 heavy (non-hydrogen) atoms. The Kier molecular flexibility index (Phi) is 2.31. The van der Waals surface area contributed by atoms with Gasteiger partial charge in [-0.05, 0) is 11.4 Å².